The van der Waals surface area contributed by atoms with Crippen molar-refractivity contribution in [2.75, 3.05) is 23.0 Å². The van der Waals surface area contributed by atoms with Crippen molar-refractivity contribution in [3.05, 3.63) is 22.0 Å². The maximum atomic E-state index is 12.9. The number of fused-ring (bicyclic) bond motifs is 2. The summed E-state index contributed by atoms with van der Waals surface area (Å²) in [7, 11) is -0.842. The van der Waals surface area contributed by atoms with E-state index in [1.165, 1.54) is 9.81 Å². The van der Waals surface area contributed by atoms with E-state index in [2.05, 4.69) is 49.6 Å². The van der Waals surface area contributed by atoms with Gasteiger partial charge in [-0.3, -0.25) is 4.21 Å². The van der Waals surface area contributed by atoms with Gasteiger partial charge in [-0.05, 0) is 99.7 Å². The van der Waals surface area contributed by atoms with Gasteiger partial charge in [0.05, 0.1) is 9.98 Å². The number of nitrogens with zero attached hydrogens (tertiary/aromatic N) is 2. The Balaban J connectivity index is 1.24. The van der Waals surface area contributed by atoms with Crippen molar-refractivity contribution >= 4 is 103 Å². The number of hydrogen-bond acceptors (Lipinski definition) is 7. The van der Waals surface area contributed by atoms with Crippen molar-refractivity contribution in [2.45, 2.75) is 77.3 Å². The van der Waals surface area contributed by atoms with Gasteiger partial charge in [-0.15, -0.1) is 23.5 Å². The molecule has 2 fully saturated rings. The summed E-state index contributed by atoms with van der Waals surface area (Å²) in [4.78, 5) is 10.7. The van der Waals surface area contributed by atoms with E-state index >= 15 is 0 Å². The van der Waals surface area contributed by atoms with Crippen LogP contribution in [-0.2, 0) is 10.8 Å². The molecule has 0 spiro atoms. The maximum absolute atomic E-state index is 12.9. The zero-order valence-corrected chi connectivity index (χ0v) is 27.3. The van der Waals surface area contributed by atoms with E-state index in [0.29, 0.717) is 23.3 Å². The van der Waals surface area contributed by atoms with Crippen LogP contribution >= 0.6 is 72.4 Å². The molecule has 4 aliphatic rings. The van der Waals surface area contributed by atoms with Gasteiger partial charge in [0.1, 0.15) is 9.98 Å². The van der Waals surface area contributed by atoms with Crippen molar-refractivity contribution < 1.29 is 4.21 Å². The lowest BCUT2D eigenvalue weighted by atomic mass is 9.91. The average Bonchev–Trinajstić information content (AvgIpc) is 3.42. The molecule has 36 heavy (non-hydrogen) atoms. The Hall–Kier alpha value is 0.290. The van der Waals surface area contributed by atoms with Gasteiger partial charge < -0.3 is 9.80 Å². The number of rotatable bonds is 10. The molecular weight excluding hydrogens is 581 g/mol. The summed E-state index contributed by atoms with van der Waals surface area (Å²) < 4.78 is 12.9. The van der Waals surface area contributed by atoms with Crippen LogP contribution in [0.15, 0.2) is 22.0 Å². The second kappa shape index (κ2) is 11.8. The molecule has 2 atom stereocenters. The summed E-state index contributed by atoms with van der Waals surface area (Å²) in [5, 5.41) is 0. The van der Waals surface area contributed by atoms with Crippen LogP contribution in [0.25, 0.3) is 0 Å². The van der Waals surface area contributed by atoms with E-state index < -0.39 is 10.8 Å². The van der Waals surface area contributed by atoms with Gasteiger partial charge in [-0.1, -0.05) is 48.9 Å². The van der Waals surface area contributed by atoms with Gasteiger partial charge in [-0.2, -0.15) is 0 Å². The number of hydrogen-bond donors (Lipinski definition) is 0. The first-order valence-electron chi connectivity index (χ1n) is 12.7. The van der Waals surface area contributed by atoms with Crippen LogP contribution in [0.1, 0.15) is 66.2 Å². The minimum absolute atomic E-state index is 0.166. The monoisotopic (exact) mass is 616 g/mol. The fraction of sp³-hybridized carbons (Fsp3) is 0.692. The fourth-order valence-electron chi connectivity index (χ4n) is 5.60. The second-order valence-electron chi connectivity index (χ2n) is 11.2. The van der Waals surface area contributed by atoms with E-state index in [0.717, 1.165) is 70.0 Å². The first-order chi connectivity index (χ1) is 16.9. The maximum Gasteiger partial charge on any atom is 0.108 e. The largest absolute Gasteiger partial charge is 0.321 e. The normalized spacial score (nSPS) is 25.7. The zero-order chi connectivity index (χ0) is 26.3. The summed E-state index contributed by atoms with van der Waals surface area (Å²) in [6.07, 6.45) is 10.1. The molecule has 4 heterocycles. The average molecular weight is 617 g/mol. The number of thiocarbonyl (C=S) groups is 4. The van der Waals surface area contributed by atoms with E-state index in [1.807, 2.05) is 23.5 Å². The Morgan fingerprint density at radius 1 is 0.806 bits per heavy atom. The van der Waals surface area contributed by atoms with Crippen molar-refractivity contribution in [3.63, 3.8) is 0 Å². The molecule has 0 N–H and O–H groups in total. The van der Waals surface area contributed by atoms with Gasteiger partial charge in [-0.25, -0.2) is 0 Å². The molecule has 0 aliphatic carbocycles. The molecule has 0 amide bonds. The quantitative estimate of drug-likeness (QED) is 0.239. The highest BCUT2D eigenvalue weighted by molar-refractivity contribution is 8.03. The Kier molecular flexibility index (Phi) is 9.60. The molecule has 0 radical (unpaired) electrons. The van der Waals surface area contributed by atoms with Gasteiger partial charge in [0.2, 0.25) is 0 Å². The minimum Gasteiger partial charge on any atom is -0.321 e. The third-order valence-corrected chi connectivity index (χ3v) is 13.0. The molecule has 2 unspecified atom stereocenters. The molecule has 10 heteroatoms. The molecule has 0 bridgehead atoms. The summed E-state index contributed by atoms with van der Waals surface area (Å²) in [5.74, 6) is 4.37. The fourth-order valence-corrected chi connectivity index (χ4v) is 11.7. The molecule has 2 saturated heterocycles. The number of thioether (sulfide) groups is 2. The predicted molar refractivity (Wildman–Crippen MR) is 176 cm³/mol. The van der Waals surface area contributed by atoms with Crippen LogP contribution in [-0.4, -0.2) is 68.1 Å². The third kappa shape index (κ3) is 6.20. The van der Waals surface area contributed by atoms with Crippen LogP contribution in [0.5, 0.6) is 0 Å². The molecular formula is C26H36N2OS7. The van der Waals surface area contributed by atoms with E-state index in [-0.39, 0.29) is 11.1 Å². The highest BCUT2D eigenvalue weighted by Gasteiger charge is 2.41. The lowest BCUT2D eigenvalue weighted by Crippen LogP contribution is -2.53. The van der Waals surface area contributed by atoms with Gasteiger partial charge in [0.25, 0.3) is 0 Å². The molecule has 0 aromatic carbocycles. The standard InChI is InChI=1S/C26H36N2OS7/c1-25(2,27-21(30)15-19-17(23(27)32)7-11-34-19)9-5-13-36(29)14-6-10-26(3,4)28-22(31)16-20-18(24(28)33)8-12-35-20/h15-18H,5-14H2,1-4H3. The SMILES string of the molecule is CC(C)(CCCS(=O)CCCC(C)(C)N1C(=S)C=C2SCCC2C1=S)N1C(=S)C=C2SCCC2C1=S. The summed E-state index contributed by atoms with van der Waals surface area (Å²) >= 11 is 27.0. The lowest BCUT2D eigenvalue weighted by molar-refractivity contribution is 0.284. The van der Waals surface area contributed by atoms with Gasteiger partial charge in [0.15, 0.2) is 0 Å². The van der Waals surface area contributed by atoms with E-state index in [4.69, 9.17) is 48.9 Å². The minimum atomic E-state index is -0.842. The van der Waals surface area contributed by atoms with Gasteiger partial charge >= 0.3 is 0 Å². The highest BCUT2D eigenvalue weighted by atomic mass is 32.2. The molecule has 4 aliphatic heterocycles. The smallest absolute Gasteiger partial charge is 0.108 e. The zero-order valence-electron chi connectivity index (χ0n) is 21.5. The predicted octanol–water partition coefficient (Wildman–Crippen LogP) is 7.07. The first-order valence-corrected chi connectivity index (χ1v) is 17.8. The lowest BCUT2D eigenvalue weighted by Gasteiger charge is -2.44. The van der Waals surface area contributed by atoms with Crippen LogP contribution in [0.2, 0.25) is 0 Å². The first kappa shape index (κ1) is 29.3. The van der Waals surface area contributed by atoms with Crippen LogP contribution in [0.3, 0.4) is 0 Å². The molecule has 0 aromatic heterocycles. The van der Waals surface area contributed by atoms with E-state index in [9.17, 15) is 4.21 Å². The second-order valence-corrected chi connectivity index (χ2v) is 16.9. The summed E-state index contributed by atoms with van der Waals surface area (Å²) in [6, 6.07) is 0. The van der Waals surface area contributed by atoms with Crippen molar-refractivity contribution in [1.82, 2.24) is 9.80 Å². The van der Waals surface area contributed by atoms with Crippen LogP contribution in [0.4, 0.5) is 0 Å². The highest BCUT2D eigenvalue weighted by Crippen LogP contribution is 2.44. The van der Waals surface area contributed by atoms with Crippen LogP contribution in [0, 0.1) is 11.8 Å². The van der Waals surface area contributed by atoms with Crippen LogP contribution < -0.4 is 0 Å². The Bertz CT molecular complexity index is 965. The van der Waals surface area contributed by atoms with Gasteiger partial charge in [0, 0.05) is 45.2 Å². The molecule has 0 saturated carbocycles. The molecule has 198 valence electrons. The van der Waals surface area contributed by atoms with Crippen molar-refractivity contribution in [1.29, 1.82) is 0 Å². The van der Waals surface area contributed by atoms with Crippen molar-refractivity contribution in [3.8, 4) is 0 Å². The Labute approximate surface area is 249 Å². The Morgan fingerprint density at radius 3 is 1.58 bits per heavy atom. The van der Waals surface area contributed by atoms with Crippen molar-refractivity contribution in [2.24, 2.45) is 11.8 Å². The molecule has 3 nitrogen and oxygen atoms in total. The summed E-state index contributed by atoms with van der Waals surface area (Å²) in [6.45, 7) is 8.85. The summed E-state index contributed by atoms with van der Waals surface area (Å²) in [5.41, 5.74) is -0.333. The molecule has 0 aromatic rings. The Morgan fingerprint density at radius 2 is 1.19 bits per heavy atom. The topological polar surface area (TPSA) is 23.6 Å². The molecule has 4 rings (SSSR count). The van der Waals surface area contributed by atoms with E-state index in [1.54, 1.807) is 0 Å². The third-order valence-electron chi connectivity index (χ3n) is 7.58.